The Balaban J connectivity index is 2.43. The minimum absolute atomic E-state index is 0.0940. The van der Waals surface area contributed by atoms with Crippen LogP contribution in [0.2, 0.25) is 0 Å². The molecule has 0 aliphatic heterocycles. The molecule has 0 saturated heterocycles. The van der Waals surface area contributed by atoms with Crippen molar-refractivity contribution in [2.24, 2.45) is 0 Å². The minimum atomic E-state index is -0.786. The molecule has 0 fully saturated rings. The van der Waals surface area contributed by atoms with Gasteiger partial charge in [-0.2, -0.15) is 0 Å². The van der Waals surface area contributed by atoms with Gasteiger partial charge in [0.1, 0.15) is 5.44 Å². The van der Waals surface area contributed by atoms with Crippen LogP contribution in [0.5, 0.6) is 0 Å². The fraction of sp³-hybridized carbons (Fsp3) is 0.364. The van der Waals surface area contributed by atoms with E-state index in [4.69, 9.17) is 9.84 Å². The second-order valence-corrected chi connectivity index (χ2v) is 4.26. The second-order valence-electron chi connectivity index (χ2n) is 3.03. The molecule has 1 unspecified atom stereocenters. The van der Waals surface area contributed by atoms with Gasteiger partial charge in [0.2, 0.25) is 0 Å². The number of ether oxygens (including phenoxy) is 1. The number of carbonyl (C=O) groups is 1. The van der Waals surface area contributed by atoms with E-state index in [-0.39, 0.29) is 11.9 Å². The van der Waals surface area contributed by atoms with Gasteiger partial charge in [-0.25, -0.2) is 0 Å². The topological polar surface area (TPSA) is 46.5 Å². The van der Waals surface area contributed by atoms with E-state index in [0.717, 1.165) is 4.90 Å². The predicted octanol–water partition coefficient (Wildman–Crippen LogP) is 2.62. The van der Waals surface area contributed by atoms with Crippen LogP contribution in [0.15, 0.2) is 35.2 Å². The number of methoxy groups -OCH3 is 1. The normalized spacial score (nSPS) is 12.3. The number of carboxylic acid groups (broad SMARTS) is 1. The Hall–Kier alpha value is -1.00. The van der Waals surface area contributed by atoms with Crippen molar-refractivity contribution in [3.8, 4) is 0 Å². The largest absolute Gasteiger partial charge is 0.481 e. The summed E-state index contributed by atoms with van der Waals surface area (Å²) in [4.78, 5) is 11.5. The Morgan fingerprint density at radius 1 is 1.47 bits per heavy atom. The summed E-state index contributed by atoms with van der Waals surface area (Å²) >= 11 is 1.55. The van der Waals surface area contributed by atoms with E-state index in [1.54, 1.807) is 18.9 Å². The van der Waals surface area contributed by atoms with Gasteiger partial charge < -0.3 is 9.84 Å². The van der Waals surface area contributed by atoms with Gasteiger partial charge in [-0.15, -0.1) is 0 Å². The Morgan fingerprint density at radius 2 is 2.13 bits per heavy atom. The Kier molecular flexibility index (Phi) is 5.21. The van der Waals surface area contributed by atoms with Crippen molar-refractivity contribution in [1.82, 2.24) is 0 Å². The molecule has 1 aromatic rings. The number of hydrogen-bond donors (Lipinski definition) is 1. The second kappa shape index (κ2) is 6.48. The first-order valence-electron chi connectivity index (χ1n) is 4.68. The molecule has 0 spiro atoms. The zero-order valence-corrected chi connectivity index (χ0v) is 9.37. The summed E-state index contributed by atoms with van der Waals surface area (Å²) in [6, 6.07) is 9.82. The Bertz CT molecular complexity index is 300. The quantitative estimate of drug-likeness (QED) is 0.598. The van der Waals surface area contributed by atoms with Crippen molar-refractivity contribution in [3.05, 3.63) is 30.3 Å². The molecule has 1 aromatic carbocycles. The van der Waals surface area contributed by atoms with Gasteiger partial charge in [0.25, 0.3) is 0 Å². The van der Waals surface area contributed by atoms with Crippen LogP contribution in [0.4, 0.5) is 0 Å². The van der Waals surface area contributed by atoms with E-state index >= 15 is 0 Å². The van der Waals surface area contributed by atoms with Gasteiger partial charge in [-0.3, -0.25) is 4.79 Å². The molecule has 3 nitrogen and oxygen atoms in total. The Morgan fingerprint density at radius 3 is 2.67 bits per heavy atom. The van der Waals surface area contributed by atoms with Crippen LogP contribution in [0.3, 0.4) is 0 Å². The molecule has 15 heavy (non-hydrogen) atoms. The molecule has 1 N–H and O–H groups in total. The highest BCUT2D eigenvalue weighted by molar-refractivity contribution is 7.99. The first kappa shape index (κ1) is 12.1. The van der Waals surface area contributed by atoms with Gasteiger partial charge in [-0.1, -0.05) is 30.0 Å². The van der Waals surface area contributed by atoms with Crippen LogP contribution in [-0.4, -0.2) is 23.6 Å². The number of carboxylic acids is 1. The van der Waals surface area contributed by atoms with Gasteiger partial charge in [0.15, 0.2) is 0 Å². The molecule has 0 aromatic heterocycles. The van der Waals surface area contributed by atoms with Crippen LogP contribution in [0.25, 0.3) is 0 Å². The highest BCUT2D eigenvalue weighted by Crippen LogP contribution is 2.26. The monoisotopic (exact) mass is 226 g/mol. The molecule has 1 atom stereocenters. The lowest BCUT2D eigenvalue weighted by Gasteiger charge is -2.13. The predicted molar refractivity (Wildman–Crippen MR) is 60.0 cm³/mol. The summed E-state index contributed by atoms with van der Waals surface area (Å²) < 4.78 is 5.20. The van der Waals surface area contributed by atoms with Crippen molar-refractivity contribution in [2.75, 3.05) is 7.11 Å². The fourth-order valence-corrected chi connectivity index (χ4v) is 2.07. The van der Waals surface area contributed by atoms with Crippen LogP contribution in [0, 0.1) is 0 Å². The minimum Gasteiger partial charge on any atom is -0.481 e. The molecule has 0 aliphatic rings. The highest BCUT2D eigenvalue weighted by Gasteiger charge is 2.10. The third kappa shape index (κ3) is 4.85. The van der Waals surface area contributed by atoms with Crippen LogP contribution in [-0.2, 0) is 9.53 Å². The lowest BCUT2D eigenvalue weighted by Crippen LogP contribution is -2.08. The van der Waals surface area contributed by atoms with E-state index in [1.807, 2.05) is 30.3 Å². The van der Waals surface area contributed by atoms with Crippen molar-refractivity contribution in [3.63, 3.8) is 0 Å². The molecule has 0 amide bonds. The smallest absolute Gasteiger partial charge is 0.303 e. The average molecular weight is 226 g/mol. The van der Waals surface area contributed by atoms with Crippen molar-refractivity contribution < 1.29 is 14.6 Å². The van der Waals surface area contributed by atoms with Gasteiger partial charge in [-0.05, 0) is 18.6 Å². The van der Waals surface area contributed by atoms with E-state index in [2.05, 4.69) is 0 Å². The van der Waals surface area contributed by atoms with Crippen LogP contribution in [0.1, 0.15) is 12.8 Å². The summed E-state index contributed by atoms with van der Waals surface area (Å²) in [7, 11) is 1.60. The van der Waals surface area contributed by atoms with Crippen molar-refractivity contribution in [1.29, 1.82) is 0 Å². The third-order valence-electron chi connectivity index (χ3n) is 1.87. The molecular formula is C11H14O3S. The number of aliphatic carboxylic acids is 1. The first-order valence-corrected chi connectivity index (χ1v) is 5.56. The summed E-state index contributed by atoms with van der Waals surface area (Å²) in [6.07, 6.45) is 0.656. The van der Waals surface area contributed by atoms with Crippen LogP contribution < -0.4 is 0 Å². The zero-order valence-electron chi connectivity index (χ0n) is 8.55. The Labute approximate surface area is 93.4 Å². The maximum Gasteiger partial charge on any atom is 0.303 e. The maximum absolute atomic E-state index is 10.4. The molecule has 4 heteroatoms. The van der Waals surface area contributed by atoms with E-state index < -0.39 is 5.97 Å². The summed E-state index contributed by atoms with van der Waals surface area (Å²) in [5.41, 5.74) is -0.0940. The lowest BCUT2D eigenvalue weighted by atomic mass is 10.3. The van der Waals surface area contributed by atoms with Crippen LogP contribution >= 0.6 is 11.8 Å². The zero-order chi connectivity index (χ0) is 11.1. The average Bonchev–Trinajstić information content (AvgIpc) is 2.25. The summed E-state index contributed by atoms with van der Waals surface area (Å²) in [5.74, 6) is -0.786. The number of benzene rings is 1. The molecule has 1 rings (SSSR count). The van der Waals surface area contributed by atoms with Crippen molar-refractivity contribution in [2.45, 2.75) is 23.2 Å². The fourth-order valence-electron chi connectivity index (χ4n) is 1.12. The number of thioether (sulfide) groups is 1. The standard InChI is InChI=1S/C11H14O3S/c1-14-11(8-7-10(12)13)15-9-5-3-2-4-6-9/h2-6,11H,7-8H2,1H3,(H,12,13). The van der Waals surface area contributed by atoms with Gasteiger partial charge in [0.05, 0.1) is 0 Å². The van der Waals surface area contributed by atoms with E-state index in [0.29, 0.717) is 6.42 Å². The molecule has 0 saturated carbocycles. The SMILES string of the molecule is COC(CCC(=O)O)Sc1ccccc1. The molecular weight excluding hydrogens is 212 g/mol. The first-order chi connectivity index (χ1) is 7.22. The molecule has 0 heterocycles. The van der Waals surface area contributed by atoms with E-state index in [1.165, 1.54) is 0 Å². The molecule has 0 bridgehead atoms. The molecule has 0 radical (unpaired) electrons. The highest BCUT2D eigenvalue weighted by atomic mass is 32.2. The third-order valence-corrected chi connectivity index (χ3v) is 3.10. The lowest BCUT2D eigenvalue weighted by molar-refractivity contribution is -0.137. The van der Waals surface area contributed by atoms with Crippen molar-refractivity contribution >= 4 is 17.7 Å². The molecule has 0 aliphatic carbocycles. The van der Waals surface area contributed by atoms with Gasteiger partial charge >= 0.3 is 5.97 Å². The van der Waals surface area contributed by atoms with Gasteiger partial charge in [0, 0.05) is 18.4 Å². The number of rotatable bonds is 6. The maximum atomic E-state index is 10.4. The summed E-state index contributed by atoms with van der Waals surface area (Å²) in [6.45, 7) is 0. The molecule has 82 valence electrons. The number of hydrogen-bond acceptors (Lipinski definition) is 3. The van der Waals surface area contributed by atoms with E-state index in [9.17, 15) is 4.79 Å². The summed E-state index contributed by atoms with van der Waals surface area (Å²) in [5, 5.41) is 8.56.